The molecular formula is C20H29N3O2. The highest BCUT2D eigenvalue weighted by Crippen LogP contribution is 2.11. The third-order valence-corrected chi connectivity index (χ3v) is 3.72. The minimum atomic E-state index is 0.533. The Hall–Kier alpha value is -2.43. The highest BCUT2D eigenvalue weighted by Gasteiger charge is 2.02. The number of nitrogens with zero attached hydrogens (tertiary/aromatic N) is 1. The molecule has 0 aliphatic carbocycles. The number of furan rings is 1. The van der Waals surface area contributed by atoms with Crippen LogP contribution in [0, 0.1) is 5.92 Å². The Labute approximate surface area is 150 Å². The maximum atomic E-state index is 5.36. The lowest BCUT2D eigenvalue weighted by atomic mass is 10.1. The van der Waals surface area contributed by atoms with Crippen molar-refractivity contribution < 1.29 is 9.15 Å². The molecule has 0 saturated carbocycles. The predicted molar refractivity (Wildman–Crippen MR) is 102 cm³/mol. The van der Waals surface area contributed by atoms with Gasteiger partial charge in [-0.05, 0) is 42.2 Å². The van der Waals surface area contributed by atoms with E-state index >= 15 is 0 Å². The van der Waals surface area contributed by atoms with Crippen LogP contribution in [0.3, 0.4) is 0 Å². The third-order valence-electron chi connectivity index (χ3n) is 3.72. The average Bonchev–Trinajstić information content (AvgIpc) is 3.13. The van der Waals surface area contributed by atoms with E-state index in [0.717, 1.165) is 49.9 Å². The maximum Gasteiger partial charge on any atom is 0.191 e. The van der Waals surface area contributed by atoms with Gasteiger partial charge in [0.05, 0.1) is 13.4 Å². The van der Waals surface area contributed by atoms with E-state index < -0.39 is 0 Å². The Bertz CT molecular complexity index is 619. The van der Waals surface area contributed by atoms with Crippen LogP contribution in [0.5, 0.6) is 5.75 Å². The van der Waals surface area contributed by atoms with Crippen molar-refractivity contribution in [3.63, 3.8) is 0 Å². The Morgan fingerprint density at radius 3 is 2.40 bits per heavy atom. The van der Waals surface area contributed by atoms with Crippen molar-refractivity contribution in [1.82, 2.24) is 10.6 Å². The Morgan fingerprint density at radius 2 is 1.80 bits per heavy atom. The number of guanidine groups is 1. The van der Waals surface area contributed by atoms with Crippen LogP contribution in [0.4, 0.5) is 0 Å². The van der Waals surface area contributed by atoms with E-state index in [1.165, 1.54) is 5.56 Å². The predicted octanol–water partition coefficient (Wildman–Crippen LogP) is 3.26. The molecule has 0 spiro atoms. The van der Waals surface area contributed by atoms with Gasteiger partial charge in [0.25, 0.3) is 0 Å². The van der Waals surface area contributed by atoms with E-state index in [1.807, 2.05) is 24.3 Å². The number of hydrogen-bond acceptors (Lipinski definition) is 3. The fourth-order valence-electron chi connectivity index (χ4n) is 2.32. The highest BCUT2D eigenvalue weighted by atomic mass is 16.5. The molecule has 0 saturated heterocycles. The van der Waals surface area contributed by atoms with Gasteiger partial charge < -0.3 is 19.8 Å². The van der Waals surface area contributed by atoms with Crippen LogP contribution in [0.1, 0.15) is 25.2 Å². The van der Waals surface area contributed by atoms with Crippen LogP contribution < -0.4 is 15.4 Å². The van der Waals surface area contributed by atoms with Gasteiger partial charge in [-0.2, -0.15) is 0 Å². The van der Waals surface area contributed by atoms with E-state index in [1.54, 1.807) is 13.4 Å². The van der Waals surface area contributed by atoms with E-state index in [4.69, 9.17) is 9.15 Å². The zero-order valence-electron chi connectivity index (χ0n) is 15.4. The summed E-state index contributed by atoms with van der Waals surface area (Å²) in [5, 5.41) is 6.79. The summed E-state index contributed by atoms with van der Waals surface area (Å²) in [6.45, 7) is 6.76. The minimum Gasteiger partial charge on any atom is -0.497 e. The summed E-state index contributed by atoms with van der Waals surface area (Å²) >= 11 is 0. The standard InChI is InChI=1S/C20H29N3O2/c1-16(2)15-23-20(22-13-11-19-5-4-14-25-19)21-12-10-17-6-8-18(24-3)9-7-17/h4-9,14,16H,10-13,15H2,1-3H3,(H2,21,22,23). The van der Waals surface area contributed by atoms with Crippen molar-refractivity contribution in [1.29, 1.82) is 0 Å². The minimum absolute atomic E-state index is 0.533. The fraction of sp³-hybridized carbons (Fsp3) is 0.450. The summed E-state index contributed by atoms with van der Waals surface area (Å²) in [7, 11) is 1.68. The molecule has 0 radical (unpaired) electrons. The first kappa shape index (κ1) is 18.9. The van der Waals surface area contributed by atoms with Crippen LogP contribution >= 0.6 is 0 Å². The number of benzene rings is 1. The SMILES string of the molecule is COc1ccc(CCNC(=NCC(C)C)NCCc2ccco2)cc1. The summed E-state index contributed by atoms with van der Waals surface area (Å²) in [6.07, 6.45) is 3.48. The van der Waals surface area contributed by atoms with Crippen LogP contribution in [-0.2, 0) is 12.8 Å². The van der Waals surface area contributed by atoms with Crippen molar-refractivity contribution in [2.24, 2.45) is 10.9 Å². The maximum absolute atomic E-state index is 5.36. The smallest absolute Gasteiger partial charge is 0.191 e. The Kier molecular flexibility index (Phi) is 7.89. The summed E-state index contributed by atoms with van der Waals surface area (Å²) < 4.78 is 10.5. The molecule has 0 fully saturated rings. The monoisotopic (exact) mass is 343 g/mol. The second kappa shape index (κ2) is 10.4. The molecule has 25 heavy (non-hydrogen) atoms. The molecule has 5 heteroatoms. The van der Waals surface area contributed by atoms with E-state index in [-0.39, 0.29) is 0 Å². The topological polar surface area (TPSA) is 58.8 Å². The highest BCUT2D eigenvalue weighted by molar-refractivity contribution is 5.79. The lowest BCUT2D eigenvalue weighted by Gasteiger charge is -2.13. The van der Waals surface area contributed by atoms with E-state index in [9.17, 15) is 0 Å². The quantitative estimate of drug-likeness (QED) is 0.542. The third kappa shape index (κ3) is 7.33. The number of rotatable bonds is 9. The first-order chi connectivity index (χ1) is 12.2. The molecule has 0 aliphatic heterocycles. The van der Waals surface area contributed by atoms with Gasteiger partial charge in [-0.1, -0.05) is 26.0 Å². The van der Waals surface area contributed by atoms with Gasteiger partial charge in [-0.25, -0.2) is 0 Å². The van der Waals surface area contributed by atoms with Gasteiger partial charge >= 0.3 is 0 Å². The number of methoxy groups -OCH3 is 1. The van der Waals surface area contributed by atoms with Gasteiger partial charge in [-0.15, -0.1) is 0 Å². The van der Waals surface area contributed by atoms with Gasteiger partial charge in [0, 0.05) is 26.1 Å². The summed E-state index contributed by atoms with van der Waals surface area (Å²) in [6, 6.07) is 12.1. The first-order valence-corrected chi connectivity index (χ1v) is 8.85. The Balaban J connectivity index is 1.79. The van der Waals surface area contributed by atoms with Crippen LogP contribution in [0.2, 0.25) is 0 Å². The van der Waals surface area contributed by atoms with Crippen LogP contribution in [0.15, 0.2) is 52.1 Å². The largest absolute Gasteiger partial charge is 0.497 e. The number of hydrogen-bond donors (Lipinski definition) is 2. The lowest BCUT2D eigenvalue weighted by molar-refractivity contribution is 0.414. The number of aliphatic imine (C=N–C) groups is 1. The van der Waals surface area contributed by atoms with Gasteiger partial charge in [0.15, 0.2) is 5.96 Å². The molecule has 1 aromatic carbocycles. The summed E-state index contributed by atoms with van der Waals surface area (Å²) in [5.41, 5.74) is 1.27. The lowest BCUT2D eigenvalue weighted by Crippen LogP contribution is -2.39. The van der Waals surface area contributed by atoms with Crippen molar-refractivity contribution >= 4 is 5.96 Å². The molecule has 136 valence electrons. The van der Waals surface area contributed by atoms with Gasteiger partial charge in [0.2, 0.25) is 0 Å². The zero-order valence-corrected chi connectivity index (χ0v) is 15.4. The zero-order chi connectivity index (χ0) is 17.9. The van der Waals surface area contributed by atoms with Crippen LogP contribution in [0.25, 0.3) is 0 Å². The van der Waals surface area contributed by atoms with Crippen molar-refractivity contribution in [3.8, 4) is 5.75 Å². The Morgan fingerprint density at radius 1 is 1.08 bits per heavy atom. The van der Waals surface area contributed by atoms with E-state index in [2.05, 4.69) is 41.6 Å². The molecule has 0 bridgehead atoms. The molecule has 2 rings (SSSR count). The van der Waals surface area contributed by atoms with Crippen molar-refractivity contribution in [3.05, 3.63) is 54.0 Å². The molecule has 2 N–H and O–H groups in total. The van der Waals surface area contributed by atoms with Gasteiger partial charge in [0.1, 0.15) is 11.5 Å². The number of nitrogens with one attached hydrogen (secondary N) is 2. The number of ether oxygens (including phenoxy) is 1. The molecule has 1 heterocycles. The first-order valence-electron chi connectivity index (χ1n) is 8.85. The van der Waals surface area contributed by atoms with Crippen molar-refractivity contribution in [2.75, 3.05) is 26.7 Å². The van der Waals surface area contributed by atoms with Crippen LogP contribution in [-0.4, -0.2) is 32.7 Å². The molecule has 0 unspecified atom stereocenters. The second-order valence-electron chi connectivity index (χ2n) is 6.36. The average molecular weight is 343 g/mol. The normalized spacial score (nSPS) is 11.6. The molecule has 0 atom stereocenters. The molecule has 0 aliphatic rings. The summed E-state index contributed by atoms with van der Waals surface area (Å²) in [4.78, 5) is 4.64. The molecular weight excluding hydrogens is 314 g/mol. The molecule has 5 nitrogen and oxygen atoms in total. The molecule has 2 aromatic rings. The van der Waals surface area contributed by atoms with E-state index in [0.29, 0.717) is 5.92 Å². The summed E-state index contributed by atoms with van der Waals surface area (Å²) in [5.74, 6) is 3.25. The molecule has 1 aromatic heterocycles. The van der Waals surface area contributed by atoms with Crippen molar-refractivity contribution in [2.45, 2.75) is 26.7 Å². The van der Waals surface area contributed by atoms with Gasteiger partial charge in [-0.3, -0.25) is 4.99 Å². The second-order valence-corrected chi connectivity index (χ2v) is 6.36. The molecule has 0 amide bonds. The fourth-order valence-corrected chi connectivity index (χ4v) is 2.32.